The number of likely N-dealkylation sites (N-methyl/N-ethyl adjacent to an activating group) is 1. The zero-order chi connectivity index (χ0) is 29.4. The third kappa shape index (κ3) is 5.56. The summed E-state index contributed by atoms with van der Waals surface area (Å²) in [6.07, 6.45) is 2.13. The van der Waals surface area contributed by atoms with Gasteiger partial charge in [0.1, 0.15) is 5.75 Å². The Kier molecular flexibility index (Phi) is 8.10. The molecule has 1 aliphatic rings. The van der Waals surface area contributed by atoms with E-state index in [4.69, 9.17) is 16.3 Å². The quantitative estimate of drug-likeness (QED) is 0.202. The van der Waals surface area contributed by atoms with Gasteiger partial charge in [0.15, 0.2) is 0 Å². The summed E-state index contributed by atoms with van der Waals surface area (Å²) in [7, 11) is 3.85. The van der Waals surface area contributed by atoms with E-state index in [0.717, 1.165) is 85.2 Å². The number of fused-ring (bicyclic) bond motifs is 1. The van der Waals surface area contributed by atoms with Crippen molar-refractivity contribution in [3.05, 3.63) is 104 Å². The number of ether oxygens (including phenoxy) is 1. The molecule has 0 N–H and O–H groups in total. The Morgan fingerprint density at radius 1 is 1.00 bits per heavy atom. The Bertz CT molecular complexity index is 1660. The van der Waals surface area contributed by atoms with E-state index in [9.17, 15) is 4.79 Å². The third-order valence-corrected chi connectivity index (χ3v) is 8.80. The van der Waals surface area contributed by atoms with Crippen molar-refractivity contribution < 1.29 is 9.53 Å². The number of rotatable bonds is 8. The number of benzene rings is 3. The van der Waals surface area contributed by atoms with Gasteiger partial charge >= 0.3 is 0 Å². The molecule has 1 amide bonds. The lowest BCUT2D eigenvalue weighted by Gasteiger charge is -2.20. The standard InChI is InChI=1S/C35H38ClN3O2/c1-21-11-8-12-26(17-21)38(6)35(40)32-20-31-28(13-9-14-30(31)33-24(4)37-39(7)25(33)5)29(32)15-10-16-41-27-18-22(2)34(36)23(3)19-27/h8-9,11-14,17-19H,10,15-16,20H2,1-7H3. The summed E-state index contributed by atoms with van der Waals surface area (Å²) in [6.45, 7) is 10.7. The van der Waals surface area contributed by atoms with Gasteiger partial charge in [-0.3, -0.25) is 9.48 Å². The summed E-state index contributed by atoms with van der Waals surface area (Å²) in [5, 5.41) is 5.45. The van der Waals surface area contributed by atoms with Gasteiger partial charge in [0.25, 0.3) is 5.91 Å². The first-order chi connectivity index (χ1) is 19.6. The van der Waals surface area contributed by atoms with Crippen molar-refractivity contribution in [1.29, 1.82) is 0 Å². The maximum atomic E-state index is 14.1. The number of halogens is 1. The number of aromatic nitrogens is 2. The van der Waals surface area contributed by atoms with E-state index < -0.39 is 0 Å². The number of allylic oxidation sites excluding steroid dienone is 1. The van der Waals surface area contributed by atoms with Crippen LogP contribution in [0.25, 0.3) is 16.7 Å². The molecule has 0 atom stereocenters. The number of hydrogen-bond donors (Lipinski definition) is 0. The number of amides is 1. The normalized spacial score (nSPS) is 12.6. The number of anilines is 1. The summed E-state index contributed by atoms with van der Waals surface area (Å²) in [5.74, 6) is 0.864. The monoisotopic (exact) mass is 567 g/mol. The summed E-state index contributed by atoms with van der Waals surface area (Å²) in [6, 6.07) is 18.5. The zero-order valence-corrected chi connectivity index (χ0v) is 25.8. The van der Waals surface area contributed by atoms with Crippen molar-refractivity contribution in [3.8, 4) is 16.9 Å². The maximum absolute atomic E-state index is 14.1. The molecule has 4 aromatic rings. The fraction of sp³-hybridized carbons (Fsp3) is 0.314. The molecule has 1 aliphatic carbocycles. The molecule has 0 bridgehead atoms. The van der Waals surface area contributed by atoms with Gasteiger partial charge in [0.05, 0.1) is 12.3 Å². The van der Waals surface area contributed by atoms with Crippen LogP contribution in [0, 0.1) is 34.6 Å². The van der Waals surface area contributed by atoms with Crippen LogP contribution < -0.4 is 9.64 Å². The highest BCUT2D eigenvalue weighted by Gasteiger charge is 2.31. The molecule has 6 heteroatoms. The fourth-order valence-electron chi connectivity index (χ4n) is 5.98. The van der Waals surface area contributed by atoms with Gasteiger partial charge in [-0.05, 0) is 111 Å². The van der Waals surface area contributed by atoms with Gasteiger partial charge in [-0.2, -0.15) is 5.10 Å². The summed E-state index contributed by atoms with van der Waals surface area (Å²) >= 11 is 6.34. The van der Waals surface area contributed by atoms with Gasteiger partial charge in [0.2, 0.25) is 0 Å². The molecule has 212 valence electrons. The topological polar surface area (TPSA) is 47.4 Å². The van der Waals surface area contributed by atoms with Gasteiger partial charge < -0.3 is 9.64 Å². The van der Waals surface area contributed by atoms with Crippen LogP contribution in [0.1, 0.15) is 52.0 Å². The van der Waals surface area contributed by atoms with E-state index in [2.05, 4.69) is 43.2 Å². The highest BCUT2D eigenvalue weighted by molar-refractivity contribution is 6.32. The molecule has 5 nitrogen and oxygen atoms in total. The Labute approximate surface area is 248 Å². The van der Waals surface area contributed by atoms with Crippen molar-refractivity contribution in [1.82, 2.24) is 9.78 Å². The molecule has 41 heavy (non-hydrogen) atoms. The second-order valence-electron chi connectivity index (χ2n) is 11.2. The van der Waals surface area contributed by atoms with Gasteiger partial charge in [-0.15, -0.1) is 0 Å². The largest absolute Gasteiger partial charge is 0.494 e. The minimum absolute atomic E-state index is 0.0391. The molecule has 0 saturated carbocycles. The average molecular weight is 568 g/mol. The van der Waals surface area contributed by atoms with Gasteiger partial charge in [-0.1, -0.05) is 41.9 Å². The second kappa shape index (κ2) is 11.6. The molecule has 3 aromatic carbocycles. The van der Waals surface area contributed by atoms with Crippen molar-refractivity contribution in [2.45, 2.75) is 53.9 Å². The molecule has 0 unspecified atom stereocenters. The lowest BCUT2D eigenvalue weighted by molar-refractivity contribution is -0.114. The highest BCUT2D eigenvalue weighted by atomic mass is 35.5. The number of aryl methyl sites for hydroxylation is 5. The van der Waals surface area contributed by atoms with E-state index in [1.807, 2.05) is 69.9 Å². The molecule has 1 aromatic heterocycles. The molecule has 1 heterocycles. The highest BCUT2D eigenvalue weighted by Crippen LogP contribution is 2.43. The van der Waals surface area contributed by atoms with Crippen LogP contribution in [-0.2, 0) is 18.3 Å². The molecular weight excluding hydrogens is 530 g/mol. The van der Waals surface area contributed by atoms with E-state index in [1.165, 1.54) is 5.56 Å². The smallest absolute Gasteiger partial charge is 0.254 e. The Morgan fingerprint density at radius 3 is 2.34 bits per heavy atom. The van der Waals surface area contributed by atoms with Gasteiger partial charge in [-0.25, -0.2) is 0 Å². The Hall–Kier alpha value is -3.83. The molecule has 0 spiro atoms. The summed E-state index contributed by atoms with van der Waals surface area (Å²) in [4.78, 5) is 15.9. The summed E-state index contributed by atoms with van der Waals surface area (Å²) in [5.41, 5.74) is 12.8. The van der Waals surface area contributed by atoms with E-state index in [-0.39, 0.29) is 5.91 Å². The van der Waals surface area contributed by atoms with E-state index >= 15 is 0 Å². The van der Waals surface area contributed by atoms with Crippen molar-refractivity contribution in [2.24, 2.45) is 7.05 Å². The second-order valence-corrected chi connectivity index (χ2v) is 11.5. The third-order valence-electron chi connectivity index (χ3n) is 8.20. The van der Waals surface area contributed by atoms with Crippen LogP contribution in [0.3, 0.4) is 0 Å². The molecule has 0 aliphatic heterocycles. The minimum atomic E-state index is 0.0391. The first kappa shape index (κ1) is 28.7. The molecule has 0 saturated heterocycles. The van der Waals surface area contributed by atoms with Crippen LogP contribution in [0.4, 0.5) is 5.69 Å². The number of carbonyl (C=O) groups is 1. The fourth-order valence-corrected chi connectivity index (χ4v) is 6.09. The Morgan fingerprint density at radius 2 is 1.68 bits per heavy atom. The molecule has 0 radical (unpaired) electrons. The van der Waals surface area contributed by atoms with Crippen molar-refractivity contribution in [2.75, 3.05) is 18.6 Å². The van der Waals surface area contributed by atoms with Crippen LogP contribution in [0.5, 0.6) is 5.75 Å². The van der Waals surface area contributed by atoms with Crippen LogP contribution >= 0.6 is 11.6 Å². The van der Waals surface area contributed by atoms with E-state index in [0.29, 0.717) is 13.0 Å². The number of carbonyl (C=O) groups excluding carboxylic acids is 1. The first-order valence-corrected chi connectivity index (χ1v) is 14.5. The van der Waals surface area contributed by atoms with Gasteiger partial charge in [0, 0.05) is 48.1 Å². The zero-order valence-electron chi connectivity index (χ0n) is 25.1. The van der Waals surface area contributed by atoms with Crippen LogP contribution in [0.2, 0.25) is 5.02 Å². The molecule has 5 rings (SSSR count). The SMILES string of the molecule is Cc1cccc(N(C)C(=O)C2=C(CCCOc3cc(C)c(Cl)c(C)c3)c3cccc(-c4c(C)nn(C)c4C)c3C2)c1. The molecule has 0 fully saturated rings. The predicted molar refractivity (Wildman–Crippen MR) is 169 cm³/mol. The minimum Gasteiger partial charge on any atom is -0.494 e. The van der Waals surface area contributed by atoms with Crippen molar-refractivity contribution >= 4 is 28.8 Å². The lowest BCUT2D eigenvalue weighted by Crippen LogP contribution is -2.28. The number of nitrogens with zero attached hydrogens (tertiary/aromatic N) is 3. The number of hydrogen-bond acceptors (Lipinski definition) is 3. The van der Waals surface area contributed by atoms with Crippen LogP contribution in [-0.4, -0.2) is 29.3 Å². The average Bonchev–Trinajstić information content (AvgIpc) is 3.44. The Balaban J connectivity index is 1.47. The van der Waals surface area contributed by atoms with E-state index in [1.54, 1.807) is 4.90 Å². The van der Waals surface area contributed by atoms with Crippen molar-refractivity contribution in [3.63, 3.8) is 0 Å². The maximum Gasteiger partial charge on any atom is 0.254 e. The van der Waals surface area contributed by atoms with Crippen LogP contribution in [0.15, 0.2) is 60.2 Å². The lowest BCUT2D eigenvalue weighted by atomic mass is 9.93. The summed E-state index contributed by atoms with van der Waals surface area (Å²) < 4.78 is 8.07. The molecular formula is C35H38ClN3O2. The first-order valence-electron chi connectivity index (χ1n) is 14.2. The predicted octanol–water partition coefficient (Wildman–Crippen LogP) is 8.11.